The number of ether oxygens (including phenoxy) is 1. The number of rotatable bonds is 15. The van der Waals surface area contributed by atoms with Crippen molar-refractivity contribution in [1.82, 2.24) is 0 Å². The number of aryl methyl sites for hydroxylation is 2. The van der Waals surface area contributed by atoms with Crippen molar-refractivity contribution in [3.8, 4) is 0 Å². The lowest BCUT2D eigenvalue weighted by Crippen LogP contribution is -2.12. The van der Waals surface area contributed by atoms with Gasteiger partial charge in [-0.1, -0.05) is 90.2 Å². The molecule has 1 N–H and O–H groups in total. The summed E-state index contributed by atoms with van der Waals surface area (Å²) in [7, 11) is 1.41. The van der Waals surface area contributed by atoms with Crippen molar-refractivity contribution in [3.05, 3.63) is 29.3 Å². The topological polar surface area (TPSA) is 38.3 Å². The van der Waals surface area contributed by atoms with Crippen LogP contribution in [-0.2, 0) is 17.6 Å². The van der Waals surface area contributed by atoms with Gasteiger partial charge in [0.25, 0.3) is 0 Å². The fourth-order valence-corrected chi connectivity index (χ4v) is 3.50. The van der Waals surface area contributed by atoms with E-state index < -0.39 is 0 Å². The fraction of sp³-hybridized carbons (Fsp3) is 0.708. The molecule has 0 radical (unpaired) electrons. The van der Waals surface area contributed by atoms with E-state index in [1.807, 2.05) is 0 Å². The van der Waals surface area contributed by atoms with Crippen LogP contribution in [0.5, 0.6) is 0 Å². The first-order valence-corrected chi connectivity index (χ1v) is 11.2. The molecular formula is C24H41NO2. The molecule has 0 aromatic heterocycles. The molecule has 3 nitrogen and oxygen atoms in total. The Morgan fingerprint density at radius 1 is 0.815 bits per heavy atom. The molecule has 3 heteroatoms. The smallest absolute Gasteiger partial charge is 0.411 e. The maximum Gasteiger partial charge on any atom is 0.411 e. The molecule has 0 saturated carbocycles. The fourth-order valence-electron chi connectivity index (χ4n) is 3.50. The molecule has 0 aliphatic carbocycles. The molecule has 0 aliphatic rings. The lowest BCUT2D eigenvalue weighted by atomic mass is 9.98. The van der Waals surface area contributed by atoms with Crippen LogP contribution in [0.4, 0.5) is 10.5 Å². The molecule has 154 valence electrons. The van der Waals surface area contributed by atoms with E-state index in [1.54, 1.807) is 0 Å². The number of nitrogens with one attached hydrogen (secondary N) is 1. The van der Waals surface area contributed by atoms with Crippen LogP contribution in [0.15, 0.2) is 18.2 Å². The molecule has 0 atom stereocenters. The van der Waals surface area contributed by atoms with E-state index in [-0.39, 0.29) is 6.09 Å². The van der Waals surface area contributed by atoms with Crippen LogP contribution >= 0.6 is 0 Å². The van der Waals surface area contributed by atoms with Crippen molar-refractivity contribution < 1.29 is 9.53 Å². The summed E-state index contributed by atoms with van der Waals surface area (Å²) in [6.07, 6.45) is 17.4. The Hall–Kier alpha value is -1.51. The predicted molar refractivity (Wildman–Crippen MR) is 117 cm³/mol. The summed E-state index contributed by atoms with van der Waals surface area (Å²) < 4.78 is 4.77. The molecule has 1 aromatic rings. The first-order chi connectivity index (χ1) is 13.2. The first-order valence-electron chi connectivity index (χ1n) is 11.2. The average molecular weight is 376 g/mol. The lowest BCUT2D eigenvalue weighted by Gasteiger charge is -2.13. The van der Waals surface area contributed by atoms with Crippen molar-refractivity contribution in [2.24, 2.45) is 0 Å². The third kappa shape index (κ3) is 11.0. The Bertz CT molecular complexity index is 513. The van der Waals surface area contributed by atoms with E-state index in [0.29, 0.717) is 0 Å². The second-order valence-electron chi connectivity index (χ2n) is 7.64. The van der Waals surface area contributed by atoms with Gasteiger partial charge in [-0.2, -0.15) is 0 Å². The number of anilines is 1. The van der Waals surface area contributed by atoms with Gasteiger partial charge in [0, 0.05) is 5.69 Å². The number of benzene rings is 1. The molecule has 0 aliphatic heterocycles. The van der Waals surface area contributed by atoms with E-state index >= 15 is 0 Å². The highest BCUT2D eigenvalue weighted by Crippen LogP contribution is 2.22. The molecule has 0 heterocycles. The Labute approximate surface area is 167 Å². The summed E-state index contributed by atoms with van der Waals surface area (Å²) >= 11 is 0. The number of hydrogen-bond acceptors (Lipinski definition) is 2. The first kappa shape index (κ1) is 23.5. The number of unbranched alkanes of at least 4 members (excludes halogenated alkanes) is 10. The van der Waals surface area contributed by atoms with Crippen LogP contribution in [0, 0.1) is 0 Å². The molecule has 1 amide bonds. The average Bonchev–Trinajstić information content (AvgIpc) is 2.68. The Balaban J connectivity index is 2.54. The van der Waals surface area contributed by atoms with Crippen molar-refractivity contribution in [2.45, 2.75) is 104 Å². The SMILES string of the molecule is CCCCCCCCc1ccc(NC(=O)OC)c(CCCCCCCC)c1. The number of amides is 1. The number of carbonyl (C=O) groups excluding carboxylic acids is 1. The summed E-state index contributed by atoms with van der Waals surface area (Å²) in [6.45, 7) is 4.51. The monoisotopic (exact) mass is 375 g/mol. The van der Waals surface area contributed by atoms with Crippen molar-refractivity contribution in [3.63, 3.8) is 0 Å². The number of hydrogen-bond donors (Lipinski definition) is 1. The van der Waals surface area contributed by atoms with Gasteiger partial charge in [-0.3, -0.25) is 5.32 Å². The largest absolute Gasteiger partial charge is 0.453 e. The van der Waals surface area contributed by atoms with Crippen LogP contribution in [0.25, 0.3) is 0 Å². The van der Waals surface area contributed by atoms with E-state index in [1.165, 1.54) is 95.3 Å². The molecule has 27 heavy (non-hydrogen) atoms. The van der Waals surface area contributed by atoms with Gasteiger partial charge in [0.05, 0.1) is 7.11 Å². The molecule has 1 rings (SSSR count). The van der Waals surface area contributed by atoms with Gasteiger partial charge in [0.1, 0.15) is 0 Å². The van der Waals surface area contributed by atoms with Gasteiger partial charge >= 0.3 is 6.09 Å². The normalized spacial score (nSPS) is 10.8. The Morgan fingerprint density at radius 3 is 1.96 bits per heavy atom. The summed E-state index contributed by atoms with van der Waals surface area (Å²) in [5.41, 5.74) is 3.54. The zero-order chi connectivity index (χ0) is 19.7. The van der Waals surface area contributed by atoms with Crippen molar-refractivity contribution in [2.75, 3.05) is 12.4 Å². The minimum Gasteiger partial charge on any atom is -0.453 e. The Morgan fingerprint density at radius 2 is 1.37 bits per heavy atom. The van der Waals surface area contributed by atoms with E-state index in [4.69, 9.17) is 4.74 Å². The molecule has 0 unspecified atom stereocenters. The van der Waals surface area contributed by atoms with E-state index in [2.05, 4.69) is 37.4 Å². The standard InChI is InChI=1S/C24H41NO2/c1-4-6-8-10-12-14-16-21-18-19-23(25-24(26)27-3)22(20-21)17-15-13-11-9-7-5-2/h18-20H,4-17H2,1-3H3,(H,25,26). The number of carbonyl (C=O) groups is 1. The maximum atomic E-state index is 11.6. The number of methoxy groups -OCH3 is 1. The van der Waals surface area contributed by atoms with Gasteiger partial charge in [-0.25, -0.2) is 4.79 Å². The van der Waals surface area contributed by atoms with Crippen LogP contribution in [0.2, 0.25) is 0 Å². The third-order valence-electron chi connectivity index (χ3n) is 5.21. The predicted octanol–water partition coefficient (Wildman–Crippen LogP) is 7.67. The van der Waals surface area contributed by atoms with Gasteiger partial charge in [-0.15, -0.1) is 0 Å². The molecule has 0 fully saturated rings. The minimum absolute atomic E-state index is 0.386. The summed E-state index contributed by atoms with van der Waals surface area (Å²) in [5, 5.41) is 2.88. The zero-order valence-electron chi connectivity index (χ0n) is 17.9. The highest BCUT2D eigenvalue weighted by Gasteiger charge is 2.08. The summed E-state index contributed by atoms with van der Waals surface area (Å²) in [5.74, 6) is 0. The molecule has 0 spiro atoms. The summed E-state index contributed by atoms with van der Waals surface area (Å²) in [4.78, 5) is 11.6. The van der Waals surface area contributed by atoms with E-state index in [0.717, 1.165) is 18.5 Å². The second-order valence-corrected chi connectivity index (χ2v) is 7.64. The second kappa shape index (κ2) is 15.5. The van der Waals surface area contributed by atoms with Crippen LogP contribution in [0.3, 0.4) is 0 Å². The van der Waals surface area contributed by atoms with Gasteiger partial charge in [0.2, 0.25) is 0 Å². The van der Waals surface area contributed by atoms with Crippen LogP contribution in [-0.4, -0.2) is 13.2 Å². The van der Waals surface area contributed by atoms with Crippen molar-refractivity contribution in [1.29, 1.82) is 0 Å². The maximum absolute atomic E-state index is 11.6. The highest BCUT2D eigenvalue weighted by atomic mass is 16.5. The minimum atomic E-state index is -0.386. The zero-order valence-corrected chi connectivity index (χ0v) is 17.9. The third-order valence-corrected chi connectivity index (χ3v) is 5.21. The quantitative estimate of drug-likeness (QED) is 0.319. The van der Waals surface area contributed by atoms with Crippen molar-refractivity contribution >= 4 is 11.8 Å². The summed E-state index contributed by atoms with van der Waals surface area (Å²) in [6, 6.07) is 6.50. The Kier molecular flexibility index (Phi) is 13.5. The lowest BCUT2D eigenvalue weighted by molar-refractivity contribution is 0.187. The molecular weight excluding hydrogens is 334 g/mol. The van der Waals surface area contributed by atoms with Gasteiger partial charge < -0.3 is 4.74 Å². The van der Waals surface area contributed by atoms with Gasteiger partial charge in [-0.05, 0) is 42.9 Å². The highest BCUT2D eigenvalue weighted by molar-refractivity contribution is 5.85. The van der Waals surface area contributed by atoms with Crippen LogP contribution < -0.4 is 5.32 Å². The van der Waals surface area contributed by atoms with Crippen LogP contribution in [0.1, 0.15) is 102 Å². The molecule has 0 bridgehead atoms. The van der Waals surface area contributed by atoms with Gasteiger partial charge in [0.15, 0.2) is 0 Å². The molecule has 1 aromatic carbocycles. The van der Waals surface area contributed by atoms with E-state index in [9.17, 15) is 4.79 Å². The molecule has 0 saturated heterocycles.